The lowest BCUT2D eigenvalue weighted by atomic mass is 9.92. The van der Waals surface area contributed by atoms with Crippen LogP contribution in [-0.4, -0.2) is 18.3 Å². The van der Waals surface area contributed by atoms with Crippen LogP contribution in [0.4, 0.5) is 0 Å². The summed E-state index contributed by atoms with van der Waals surface area (Å²) < 4.78 is 0. The Balaban J connectivity index is 2.50. The van der Waals surface area contributed by atoms with Crippen LogP contribution in [0.2, 0.25) is 0 Å². The van der Waals surface area contributed by atoms with E-state index in [2.05, 4.69) is 38.2 Å². The van der Waals surface area contributed by atoms with Gasteiger partial charge in [0.1, 0.15) is 0 Å². The second-order valence-electron chi connectivity index (χ2n) is 5.74. The van der Waals surface area contributed by atoms with Gasteiger partial charge in [0.2, 0.25) is 0 Å². The Morgan fingerprint density at radius 2 is 1.82 bits per heavy atom. The molecule has 0 aliphatic heterocycles. The molecule has 2 nitrogen and oxygen atoms in total. The number of benzene rings is 1. The van der Waals surface area contributed by atoms with Gasteiger partial charge in [-0.3, -0.25) is 0 Å². The Bertz CT molecular complexity index is 302. The molecule has 0 bridgehead atoms. The molecule has 1 atom stereocenters. The lowest BCUT2D eigenvalue weighted by molar-refractivity contribution is 0.261. The van der Waals surface area contributed by atoms with Crippen molar-refractivity contribution >= 4 is 0 Å². The second kappa shape index (κ2) is 6.77. The van der Waals surface area contributed by atoms with Crippen LogP contribution in [0.5, 0.6) is 0 Å². The number of hydrogen-bond acceptors (Lipinski definition) is 2. The highest BCUT2D eigenvalue weighted by atomic mass is 16.3. The van der Waals surface area contributed by atoms with E-state index in [0.29, 0.717) is 5.41 Å². The predicted molar refractivity (Wildman–Crippen MR) is 73.0 cm³/mol. The molecule has 0 aliphatic carbocycles. The molecule has 0 saturated carbocycles. The largest absolute Gasteiger partial charge is 0.396 e. The molecule has 0 aliphatic rings. The molecule has 0 saturated heterocycles. The van der Waals surface area contributed by atoms with Crippen molar-refractivity contribution in [3.63, 3.8) is 0 Å². The maximum atomic E-state index is 9.12. The molecule has 0 amide bonds. The number of rotatable bonds is 6. The van der Waals surface area contributed by atoms with E-state index >= 15 is 0 Å². The molecule has 2 heteroatoms. The zero-order valence-corrected chi connectivity index (χ0v) is 11.2. The molecule has 0 radical (unpaired) electrons. The number of aliphatic hydroxyl groups is 1. The van der Waals surface area contributed by atoms with E-state index in [4.69, 9.17) is 5.11 Å². The van der Waals surface area contributed by atoms with Crippen molar-refractivity contribution < 1.29 is 5.11 Å². The van der Waals surface area contributed by atoms with Crippen molar-refractivity contribution in [3.8, 4) is 0 Å². The maximum Gasteiger partial charge on any atom is 0.0449 e. The second-order valence-corrected chi connectivity index (χ2v) is 5.74. The summed E-state index contributed by atoms with van der Waals surface area (Å²) in [6.07, 6.45) is 1.91. The third-order valence-corrected chi connectivity index (χ3v) is 2.89. The monoisotopic (exact) mass is 235 g/mol. The van der Waals surface area contributed by atoms with E-state index in [1.165, 1.54) is 5.56 Å². The smallest absolute Gasteiger partial charge is 0.0449 e. The fraction of sp³-hybridized carbons (Fsp3) is 0.600. The SMILES string of the molecule is CC(C)(C)CCNC(CCO)c1ccccc1. The van der Waals surface area contributed by atoms with Crippen LogP contribution >= 0.6 is 0 Å². The topological polar surface area (TPSA) is 32.3 Å². The Hall–Kier alpha value is -0.860. The summed E-state index contributed by atoms with van der Waals surface area (Å²) in [7, 11) is 0. The van der Waals surface area contributed by atoms with Crippen molar-refractivity contribution in [1.29, 1.82) is 0 Å². The summed E-state index contributed by atoms with van der Waals surface area (Å²) in [4.78, 5) is 0. The highest BCUT2D eigenvalue weighted by Crippen LogP contribution is 2.20. The fourth-order valence-corrected chi connectivity index (χ4v) is 1.82. The Morgan fingerprint density at radius 3 is 2.35 bits per heavy atom. The van der Waals surface area contributed by atoms with Gasteiger partial charge in [-0.2, -0.15) is 0 Å². The molecule has 96 valence electrons. The van der Waals surface area contributed by atoms with Crippen LogP contribution in [0.1, 0.15) is 45.2 Å². The van der Waals surface area contributed by atoms with E-state index in [1.807, 2.05) is 18.2 Å². The van der Waals surface area contributed by atoms with E-state index in [-0.39, 0.29) is 12.6 Å². The average Bonchev–Trinajstić information content (AvgIpc) is 2.27. The zero-order valence-electron chi connectivity index (χ0n) is 11.2. The minimum atomic E-state index is 0.224. The van der Waals surface area contributed by atoms with Crippen LogP contribution in [0.25, 0.3) is 0 Å². The van der Waals surface area contributed by atoms with Gasteiger partial charge >= 0.3 is 0 Å². The third kappa shape index (κ3) is 5.85. The van der Waals surface area contributed by atoms with Gasteiger partial charge in [-0.05, 0) is 30.4 Å². The van der Waals surface area contributed by atoms with Crippen molar-refractivity contribution in [2.45, 2.75) is 39.7 Å². The summed E-state index contributed by atoms with van der Waals surface area (Å²) in [6, 6.07) is 10.6. The summed E-state index contributed by atoms with van der Waals surface area (Å²) in [5.41, 5.74) is 1.61. The van der Waals surface area contributed by atoms with Gasteiger partial charge in [-0.25, -0.2) is 0 Å². The van der Waals surface area contributed by atoms with Crippen molar-refractivity contribution in [3.05, 3.63) is 35.9 Å². The first-order chi connectivity index (χ1) is 8.03. The van der Waals surface area contributed by atoms with Crippen molar-refractivity contribution in [1.82, 2.24) is 5.32 Å². The minimum Gasteiger partial charge on any atom is -0.396 e. The van der Waals surface area contributed by atoms with Crippen molar-refractivity contribution in [2.24, 2.45) is 5.41 Å². The normalized spacial score (nSPS) is 13.6. The van der Waals surface area contributed by atoms with Gasteiger partial charge < -0.3 is 10.4 Å². The van der Waals surface area contributed by atoms with Gasteiger partial charge in [-0.15, -0.1) is 0 Å². The summed E-state index contributed by atoms with van der Waals surface area (Å²) in [5.74, 6) is 0. The molecule has 2 N–H and O–H groups in total. The summed E-state index contributed by atoms with van der Waals surface area (Å²) >= 11 is 0. The molecular weight excluding hydrogens is 210 g/mol. The van der Waals surface area contributed by atoms with Crippen LogP contribution in [-0.2, 0) is 0 Å². The van der Waals surface area contributed by atoms with Gasteiger partial charge in [0.25, 0.3) is 0 Å². The fourth-order valence-electron chi connectivity index (χ4n) is 1.82. The van der Waals surface area contributed by atoms with Gasteiger partial charge in [0.15, 0.2) is 0 Å². The molecule has 1 unspecified atom stereocenters. The quantitative estimate of drug-likeness (QED) is 0.794. The average molecular weight is 235 g/mol. The van der Waals surface area contributed by atoms with Crippen LogP contribution in [0.3, 0.4) is 0 Å². The van der Waals surface area contributed by atoms with Gasteiger partial charge in [0, 0.05) is 12.6 Å². The summed E-state index contributed by atoms with van der Waals surface area (Å²) in [6.45, 7) is 7.96. The van der Waals surface area contributed by atoms with Gasteiger partial charge in [-0.1, -0.05) is 51.1 Å². The number of aliphatic hydroxyl groups excluding tert-OH is 1. The number of hydrogen-bond donors (Lipinski definition) is 2. The van der Waals surface area contributed by atoms with Crippen molar-refractivity contribution in [2.75, 3.05) is 13.2 Å². The zero-order chi connectivity index (χ0) is 12.7. The molecule has 0 heterocycles. The summed E-state index contributed by atoms with van der Waals surface area (Å²) in [5, 5.41) is 12.7. The molecule has 0 spiro atoms. The molecule has 1 aromatic rings. The Morgan fingerprint density at radius 1 is 1.18 bits per heavy atom. The molecule has 0 aromatic heterocycles. The Labute approximate surface area is 105 Å². The van der Waals surface area contributed by atoms with Crippen LogP contribution in [0.15, 0.2) is 30.3 Å². The van der Waals surface area contributed by atoms with Gasteiger partial charge in [0.05, 0.1) is 0 Å². The molecular formula is C15H25NO. The Kier molecular flexibility index (Phi) is 5.66. The molecule has 1 rings (SSSR count). The molecule has 1 aromatic carbocycles. The third-order valence-electron chi connectivity index (χ3n) is 2.89. The van der Waals surface area contributed by atoms with E-state index in [1.54, 1.807) is 0 Å². The number of nitrogens with one attached hydrogen (secondary N) is 1. The standard InChI is InChI=1S/C15H25NO/c1-15(2,3)10-11-16-14(9-12-17)13-7-5-4-6-8-13/h4-8,14,16-17H,9-12H2,1-3H3. The lowest BCUT2D eigenvalue weighted by Crippen LogP contribution is -2.26. The minimum absolute atomic E-state index is 0.224. The van der Waals surface area contributed by atoms with E-state index in [0.717, 1.165) is 19.4 Å². The highest BCUT2D eigenvalue weighted by Gasteiger charge is 2.13. The van der Waals surface area contributed by atoms with Crippen LogP contribution in [0, 0.1) is 5.41 Å². The first-order valence-electron chi connectivity index (χ1n) is 6.42. The first kappa shape index (κ1) is 14.2. The van der Waals surface area contributed by atoms with E-state index in [9.17, 15) is 0 Å². The van der Waals surface area contributed by atoms with E-state index < -0.39 is 0 Å². The molecule has 0 fully saturated rings. The van der Waals surface area contributed by atoms with Crippen LogP contribution < -0.4 is 5.32 Å². The predicted octanol–water partition coefficient (Wildman–Crippen LogP) is 3.14. The highest BCUT2D eigenvalue weighted by molar-refractivity contribution is 5.18. The maximum absolute atomic E-state index is 9.12. The molecule has 17 heavy (non-hydrogen) atoms. The lowest BCUT2D eigenvalue weighted by Gasteiger charge is -2.22. The first-order valence-corrected chi connectivity index (χ1v) is 6.42.